The van der Waals surface area contributed by atoms with Crippen LogP contribution in [-0.2, 0) is 19.2 Å². The van der Waals surface area contributed by atoms with Crippen LogP contribution in [0.2, 0.25) is 0 Å². The zero-order chi connectivity index (χ0) is 22.1. The number of nitrogens with one attached hydrogen (secondary N) is 3. The third-order valence-corrected chi connectivity index (χ3v) is 6.69. The van der Waals surface area contributed by atoms with E-state index in [1.165, 1.54) is 17.1 Å². The summed E-state index contributed by atoms with van der Waals surface area (Å²) in [4.78, 5) is 48.9. The van der Waals surface area contributed by atoms with Crippen molar-refractivity contribution in [1.29, 1.82) is 0 Å². The van der Waals surface area contributed by atoms with Crippen LogP contribution in [0, 0.1) is 17.8 Å². The minimum atomic E-state index is -0.228. The Morgan fingerprint density at radius 3 is 2.35 bits per heavy atom. The largest absolute Gasteiger partial charge is 0.356 e. The topological polar surface area (TPSA) is 108 Å². The molecule has 3 N–H and O–H groups in total. The summed E-state index contributed by atoms with van der Waals surface area (Å²) in [5.41, 5.74) is 0. The summed E-state index contributed by atoms with van der Waals surface area (Å²) in [6.07, 6.45) is 10.3. The van der Waals surface area contributed by atoms with Gasteiger partial charge in [-0.2, -0.15) is 0 Å². The number of carbonyl (C=O) groups is 4. The van der Waals surface area contributed by atoms with Crippen LogP contribution in [0.5, 0.6) is 0 Å². The van der Waals surface area contributed by atoms with E-state index in [1.807, 2.05) is 0 Å². The van der Waals surface area contributed by atoms with E-state index in [1.54, 1.807) is 0 Å². The van der Waals surface area contributed by atoms with Crippen LogP contribution < -0.4 is 16.0 Å². The average Bonchev–Trinajstić information content (AvgIpc) is 3.40. The molecule has 2 heterocycles. The number of unbranched alkanes of at least 4 members (excludes halogenated alkanes) is 2. The van der Waals surface area contributed by atoms with E-state index >= 15 is 0 Å². The van der Waals surface area contributed by atoms with Gasteiger partial charge in [0.2, 0.25) is 11.8 Å². The Balaban J connectivity index is 1.19. The highest BCUT2D eigenvalue weighted by Crippen LogP contribution is 2.30. The van der Waals surface area contributed by atoms with Crippen molar-refractivity contribution in [3.05, 3.63) is 12.2 Å². The molecule has 0 aromatic carbocycles. The van der Waals surface area contributed by atoms with Gasteiger partial charge in [0.05, 0.1) is 0 Å². The van der Waals surface area contributed by atoms with E-state index < -0.39 is 0 Å². The van der Waals surface area contributed by atoms with Gasteiger partial charge in [0.1, 0.15) is 0 Å². The number of hydrogen-bond acceptors (Lipinski definition) is 5. The number of imide groups is 1. The molecule has 0 spiro atoms. The smallest absolute Gasteiger partial charge is 0.253 e. The summed E-state index contributed by atoms with van der Waals surface area (Å²) in [7, 11) is 0. The number of amides is 4. The highest BCUT2D eigenvalue weighted by molar-refractivity contribution is 6.12. The predicted molar refractivity (Wildman–Crippen MR) is 117 cm³/mol. The monoisotopic (exact) mass is 432 g/mol. The molecule has 172 valence electrons. The molecule has 1 atom stereocenters. The van der Waals surface area contributed by atoms with E-state index in [0.29, 0.717) is 25.4 Å². The minimum Gasteiger partial charge on any atom is -0.356 e. The van der Waals surface area contributed by atoms with E-state index in [0.717, 1.165) is 71.0 Å². The van der Waals surface area contributed by atoms with E-state index in [-0.39, 0.29) is 35.5 Å². The van der Waals surface area contributed by atoms with Crippen molar-refractivity contribution < 1.29 is 19.2 Å². The molecule has 31 heavy (non-hydrogen) atoms. The lowest BCUT2D eigenvalue weighted by Crippen LogP contribution is -2.38. The van der Waals surface area contributed by atoms with E-state index in [2.05, 4.69) is 16.0 Å². The Hall–Kier alpha value is -2.22. The molecule has 0 radical (unpaired) electrons. The fourth-order valence-corrected chi connectivity index (χ4v) is 4.65. The molecule has 1 aliphatic carbocycles. The van der Waals surface area contributed by atoms with Crippen LogP contribution in [0.4, 0.5) is 0 Å². The standard InChI is InChI=1S/C23H36N4O4/c28-20(26-15-18-11-13-24-14-18)4-2-1-3-12-25-23(31)19-7-5-17(6-8-19)16-27-21(29)9-10-22(27)30/h9-10,17-19,24H,1-8,11-16H2,(H,25,31)(H,26,28). The van der Waals surface area contributed by atoms with Gasteiger partial charge in [-0.3, -0.25) is 24.1 Å². The Morgan fingerprint density at radius 1 is 0.935 bits per heavy atom. The van der Waals surface area contributed by atoms with Crippen molar-refractivity contribution in [3.8, 4) is 0 Å². The number of nitrogens with zero attached hydrogens (tertiary/aromatic N) is 1. The molecule has 3 aliphatic rings. The molecule has 8 heteroatoms. The Morgan fingerprint density at radius 2 is 1.68 bits per heavy atom. The van der Waals surface area contributed by atoms with Gasteiger partial charge in [-0.05, 0) is 69.9 Å². The average molecular weight is 433 g/mol. The molecule has 2 fully saturated rings. The molecule has 3 rings (SSSR count). The van der Waals surface area contributed by atoms with Crippen LogP contribution in [0.25, 0.3) is 0 Å². The molecule has 8 nitrogen and oxygen atoms in total. The highest BCUT2D eigenvalue weighted by Gasteiger charge is 2.31. The molecular formula is C23H36N4O4. The Bertz CT molecular complexity index is 661. The third-order valence-electron chi connectivity index (χ3n) is 6.69. The normalized spacial score (nSPS) is 25.8. The second-order valence-electron chi connectivity index (χ2n) is 9.10. The molecule has 0 aromatic rings. The van der Waals surface area contributed by atoms with Crippen molar-refractivity contribution in [3.63, 3.8) is 0 Å². The minimum absolute atomic E-state index is 0.0233. The van der Waals surface area contributed by atoms with Gasteiger partial charge in [-0.25, -0.2) is 0 Å². The van der Waals surface area contributed by atoms with Crippen molar-refractivity contribution in [2.45, 2.75) is 57.8 Å². The van der Waals surface area contributed by atoms with Crippen molar-refractivity contribution >= 4 is 23.6 Å². The van der Waals surface area contributed by atoms with Crippen LogP contribution in [0.1, 0.15) is 57.8 Å². The predicted octanol–water partition coefficient (Wildman–Crippen LogP) is 1.12. The molecular weight excluding hydrogens is 396 g/mol. The quantitative estimate of drug-likeness (QED) is 0.335. The third kappa shape index (κ3) is 7.45. The molecule has 4 amide bonds. The Kier molecular flexibility index (Phi) is 9.06. The molecule has 0 aromatic heterocycles. The highest BCUT2D eigenvalue weighted by atomic mass is 16.2. The fourth-order valence-electron chi connectivity index (χ4n) is 4.65. The zero-order valence-electron chi connectivity index (χ0n) is 18.4. The fraction of sp³-hybridized carbons (Fsp3) is 0.739. The lowest BCUT2D eigenvalue weighted by Gasteiger charge is -2.30. The SMILES string of the molecule is O=C(CCCCCNC(=O)C1CCC(CN2C(=O)C=CC2=O)CC1)NCC1CCNC1. The van der Waals surface area contributed by atoms with Gasteiger partial charge in [0.25, 0.3) is 11.8 Å². The van der Waals surface area contributed by atoms with Crippen molar-refractivity contribution in [1.82, 2.24) is 20.9 Å². The molecule has 1 saturated heterocycles. The second kappa shape index (κ2) is 12.0. The number of rotatable bonds is 11. The number of hydrogen-bond donors (Lipinski definition) is 3. The molecule has 1 unspecified atom stereocenters. The van der Waals surface area contributed by atoms with Gasteiger partial charge in [-0.15, -0.1) is 0 Å². The first-order chi connectivity index (χ1) is 15.0. The molecule has 1 saturated carbocycles. The molecule has 0 bridgehead atoms. The molecule has 2 aliphatic heterocycles. The first kappa shape index (κ1) is 23.4. The van der Waals surface area contributed by atoms with E-state index in [9.17, 15) is 19.2 Å². The summed E-state index contributed by atoms with van der Waals surface area (Å²) < 4.78 is 0. The van der Waals surface area contributed by atoms with Crippen LogP contribution in [0.3, 0.4) is 0 Å². The summed E-state index contributed by atoms with van der Waals surface area (Å²) >= 11 is 0. The number of carbonyl (C=O) groups excluding carboxylic acids is 4. The maximum Gasteiger partial charge on any atom is 0.253 e. The summed E-state index contributed by atoms with van der Waals surface area (Å²) in [5.74, 6) is 0.652. The van der Waals surface area contributed by atoms with Gasteiger partial charge >= 0.3 is 0 Å². The van der Waals surface area contributed by atoms with Gasteiger partial charge in [0.15, 0.2) is 0 Å². The summed E-state index contributed by atoms with van der Waals surface area (Å²) in [5, 5.41) is 9.35. The lowest BCUT2D eigenvalue weighted by atomic mass is 9.81. The summed E-state index contributed by atoms with van der Waals surface area (Å²) in [6.45, 7) is 3.93. The van der Waals surface area contributed by atoms with Crippen LogP contribution in [0.15, 0.2) is 12.2 Å². The lowest BCUT2D eigenvalue weighted by molar-refractivity contribution is -0.138. The van der Waals surface area contributed by atoms with Gasteiger partial charge in [0, 0.05) is 44.1 Å². The van der Waals surface area contributed by atoms with Gasteiger partial charge in [-0.1, -0.05) is 6.42 Å². The maximum absolute atomic E-state index is 12.4. The first-order valence-corrected chi connectivity index (χ1v) is 11.8. The van der Waals surface area contributed by atoms with Crippen molar-refractivity contribution in [2.75, 3.05) is 32.7 Å². The van der Waals surface area contributed by atoms with E-state index in [4.69, 9.17) is 0 Å². The first-order valence-electron chi connectivity index (χ1n) is 11.8. The summed E-state index contributed by atoms with van der Waals surface area (Å²) in [6, 6.07) is 0. The van der Waals surface area contributed by atoms with Gasteiger partial charge < -0.3 is 16.0 Å². The van der Waals surface area contributed by atoms with Crippen molar-refractivity contribution in [2.24, 2.45) is 17.8 Å². The van der Waals surface area contributed by atoms with Crippen LogP contribution in [-0.4, -0.2) is 61.3 Å². The van der Waals surface area contributed by atoms with Crippen LogP contribution >= 0.6 is 0 Å². The zero-order valence-corrected chi connectivity index (χ0v) is 18.4. The Labute approximate surface area is 184 Å². The second-order valence-corrected chi connectivity index (χ2v) is 9.10. The maximum atomic E-state index is 12.4.